The Morgan fingerprint density at radius 2 is 1.66 bits per heavy atom. The molecule has 0 bridgehead atoms. The molecule has 0 saturated carbocycles. The fraction of sp³-hybridized carbons (Fsp3) is 0.208. The molecule has 1 aromatic heterocycles. The molecule has 1 N–H and O–H groups in total. The predicted octanol–water partition coefficient (Wildman–Crippen LogP) is 3.59. The maximum Gasteiger partial charge on any atom is 0.201 e. The van der Waals surface area contributed by atoms with Crippen LogP contribution in [0.25, 0.3) is 11.4 Å². The molecule has 2 aromatic carbocycles. The number of carbonyl (C=O) groups excluding carboxylic acids is 2. The second kappa shape index (κ2) is 9.74. The molecule has 0 aliphatic carbocycles. The molecule has 0 aliphatic rings. The number of hydrogen-bond donors (Lipinski definition) is 1. The Kier molecular flexibility index (Phi) is 7.05. The zero-order valence-electron chi connectivity index (χ0n) is 18.1. The van der Waals surface area contributed by atoms with Crippen LogP contribution in [-0.2, 0) is 9.84 Å². The van der Waals surface area contributed by atoms with Gasteiger partial charge in [-0.1, -0.05) is 66.7 Å². The van der Waals surface area contributed by atoms with E-state index >= 15 is 0 Å². The maximum absolute atomic E-state index is 13.6. The third kappa shape index (κ3) is 4.70. The van der Waals surface area contributed by atoms with E-state index in [0.29, 0.717) is 11.3 Å². The summed E-state index contributed by atoms with van der Waals surface area (Å²) in [5.41, 5.74) is 1.30. The zero-order valence-corrected chi connectivity index (χ0v) is 19.0. The van der Waals surface area contributed by atoms with Gasteiger partial charge >= 0.3 is 0 Å². The minimum Gasteiger partial charge on any atom is -0.394 e. The lowest BCUT2D eigenvalue weighted by atomic mass is 10.1. The van der Waals surface area contributed by atoms with Gasteiger partial charge in [-0.3, -0.25) is 14.2 Å². The number of ketones is 2. The van der Waals surface area contributed by atoms with Crippen molar-refractivity contribution in [2.75, 3.05) is 12.8 Å². The molecule has 0 spiro atoms. The summed E-state index contributed by atoms with van der Waals surface area (Å²) in [6, 6.07) is 17.1. The number of rotatable bonds is 9. The summed E-state index contributed by atoms with van der Waals surface area (Å²) in [6.45, 7) is 2.98. The molecule has 0 aliphatic heterocycles. The highest BCUT2D eigenvalue weighted by Crippen LogP contribution is 2.32. The van der Waals surface area contributed by atoms with Crippen molar-refractivity contribution < 1.29 is 18.0 Å². The molecule has 3 rings (SSSR count). The topological polar surface area (TPSA) is 98.1 Å². The Morgan fingerprint density at radius 1 is 1.06 bits per heavy atom. The average molecular weight is 452 g/mol. The molecule has 32 heavy (non-hydrogen) atoms. The molecule has 0 saturated heterocycles. The minimum atomic E-state index is -4.07. The summed E-state index contributed by atoms with van der Waals surface area (Å²) >= 11 is 0. The highest BCUT2D eigenvalue weighted by molar-refractivity contribution is 7.92. The quantitative estimate of drug-likeness (QED) is 0.499. The molecule has 1 atom stereocenters. The van der Waals surface area contributed by atoms with E-state index in [1.54, 1.807) is 68.6 Å². The van der Waals surface area contributed by atoms with Crippen LogP contribution in [0.15, 0.2) is 72.9 Å². The third-order valence-corrected chi connectivity index (χ3v) is 6.68. The van der Waals surface area contributed by atoms with Crippen molar-refractivity contribution in [1.82, 2.24) is 14.9 Å². The Bertz CT molecular complexity index is 1250. The minimum absolute atomic E-state index is 0.0966. The van der Waals surface area contributed by atoms with Gasteiger partial charge in [0.25, 0.3) is 0 Å². The molecule has 166 valence electrons. The number of imidazole rings is 1. The number of aryl methyl sites for hydroxylation is 1. The number of hydrogen-bond acceptors (Lipinski definition) is 6. The van der Waals surface area contributed by atoms with Gasteiger partial charge in [-0.2, -0.15) is 0 Å². The summed E-state index contributed by atoms with van der Waals surface area (Å²) < 4.78 is 28.3. The number of Topliss-reactive ketones (excluding diaryl/α,β-unsaturated/α-hetero) is 2. The summed E-state index contributed by atoms with van der Waals surface area (Å²) in [4.78, 5) is 30.7. The SMILES string of the molecule is CNC=CCS(=O)(=O)C(C(=O)c1ccccc1)n1c(-c2ccccc2)nc(C)c1C(C)=O. The normalized spacial score (nSPS) is 12.6. The van der Waals surface area contributed by atoms with Crippen molar-refractivity contribution in [1.29, 1.82) is 0 Å². The average Bonchev–Trinajstić information content (AvgIpc) is 3.11. The first-order valence-corrected chi connectivity index (χ1v) is 11.8. The van der Waals surface area contributed by atoms with E-state index in [1.165, 1.54) is 23.8 Å². The van der Waals surface area contributed by atoms with Crippen molar-refractivity contribution in [3.8, 4) is 11.4 Å². The Hall–Kier alpha value is -3.52. The van der Waals surface area contributed by atoms with Gasteiger partial charge in [0.2, 0.25) is 11.2 Å². The lowest BCUT2D eigenvalue weighted by Gasteiger charge is -2.22. The van der Waals surface area contributed by atoms with Crippen LogP contribution < -0.4 is 5.32 Å². The van der Waals surface area contributed by atoms with E-state index in [0.717, 1.165) is 0 Å². The fourth-order valence-electron chi connectivity index (χ4n) is 3.57. The Labute approximate surface area is 187 Å². The summed E-state index contributed by atoms with van der Waals surface area (Å²) in [5.74, 6) is -1.13. The van der Waals surface area contributed by atoms with Crippen LogP contribution >= 0.6 is 0 Å². The standard InChI is InChI=1S/C24H25N3O4S/c1-17-21(18(2)28)27(23(26-17)20-13-8-5-9-14-20)24(32(30,31)16-10-15-25-3)22(29)19-11-6-4-7-12-19/h4-15,24-25H,16H2,1-3H3. The zero-order chi connectivity index (χ0) is 23.3. The van der Waals surface area contributed by atoms with Crippen LogP contribution in [0.2, 0.25) is 0 Å². The molecule has 3 aromatic rings. The van der Waals surface area contributed by atoms with Crippen LogP contribution in [0, 0.1) is 6.92 Å². The highest BCUT2D eigenvalue weighted by Gasteiger charge is 2.39. The lowest BCUT2D eigenvalue weighted by Crippen LogP contribution is -2.32. The van der Waals surface area contributed by atoms with Crippen LogP contribution in [0.1, 0.15) is 38.8 Å². The van der Waals surface area contributed by atoms with E-state index in [9.17, 15) is 18.0 Å². The number of nitrogens with one attached hydrogen (secondary N) is 1. The highest BCUT2D eigenvalue weighted by atomic mass is 32.2. The second-order valence-electron chi connectivity index (χ2n) is 7.26. The van der Waals surface area contributed by atoms with Gasteiger partial charge in [-0.25, -0.2) is 13.4 Å². The van der Waals surface area contributed by atoms with Gasteiger partial charge in [0.15, 0.2) is 15.6 Å². The van der Waals surface area contributed by atoms with E-state index in [4.69, 9.17) is 0 Å². The number of nitrogens with zero attached hydrogens (tertiary/aromatic N) is 2. The van der Waals surface area contributed by atoms with E-state index < -0.39 is 21.0 Å². The lowest BCUT2D eigenvalue weighted by molar-refractivity contribution is 0.0958. The molecule has 0 amide bonds. The van der Waals surface area contributed by atoms with Gasteiger partial charge in [-0.05, 0) is 13.1 Å². The largest absolute Gasteiger partial charge is 0.394 e. The molecule has 7 nitrogen and oxygen atoms in total. The first-order valence-electron chi connectivity index (χ1n) is 10.1. The van der Waals surface area contributed by atoms with Crippen molar-refractivity contribution in [3.05, 3.63) is 89.9 Å². The van der Waals surface area contributed by atoms with Gasteiger partial charge in [0, 0.05) is 25.1 Å². The second-order valence-corrected chi connectivity index (χ2v) is 9.37. The van der Waals surface area contributed by atoms with Gasteiger partial charge < -0.3 is 5.32 Å². The number of carbonyl (C=O) groups is 2. The molecular weight excluding hydrogens is 426 g/mol. The van der Waals surface area contributed by atoms with Crippen molar-refractivity contribution in [2.45, 2.75) is 19.2 Å². The first-order chi connectivity index (χ1) is 15.3. The van der Waals surface area contributed by atoms with Gasteiger partial charge in [0.1, 0.15) is 11.5 Å². The van der Waals surface area contributed by atoms with E-state index in [1.807, 2.05) is 6.07 Å². The maximum atomic E-state index is 13.6. The molecule has 8 heteroatoms. The van der Waals surface area contributed by atoms with E-state index in [-0.39, 0.29) is 28.6 Å². The first kappa shape index (κ1) is 23.1. The van der Waals surface area contributed by atoms with Gasteiger partial charge in [0.05, 0.1) is 11.4 Å². The van der Waals surface area contributed by atoms with E-state index in [2.05, 4.69) is 10.3 Å². The van der Waals surface area contributed by atoms with Crippen LogP contribution in [-0.4, -0.2) is 42.3 Å². The summed E-state index contributed by atoms with van der Waals surface area (Å²) in [7, 11) is -2.42. The molecule has 1 heterocycles. The number of aromatic nitrogens is 2. The third-order valence-electron chi connectivity index (χ3n) is 4.92. The van der Waals surface area contributed by atoms with Crippen LogP contribution in [0.3, 0.4) is 0 Å². The molecular formula is C24H25N3O4S. The monoisotopic (exact) mass is 451 g/mol. The van der Waals surface area contributed by atoms with Crippen molar-refractivity contribution >= 4 is 21.4 Å². The Morgan fingerprint density at radius 3 is 2.22 bits per heavy atom. The molecule has 1 unspecified atom stereocenters. The number of benzene rings is 2. The summed E-state index contributed by atoms with van der Waals surface area (Å²) in [6.07, 6.45) is 2.92. The summed E-state index contributed by atoms with van der Waals surface area (Å²) in [5, 5.41) is 1.10. The van der Waals surface area contributed by atoms with Crippen LogP contribution in [0.5, 0.6) is 0 Å². The van der Waals surface area contributed by atoms with Gasteiger partial charge in [-0.15, -0.1) is 0 Å². The van der Waals surface area contributed by atoms with Crippen molar-refractivity contribution in [2.24, 2.45) is 0 Å². The Balaban J connectivity index is 2.33. The fourth-order valence-corrected chi connectivity index (χ4v) is 5.10. The van der Waals surface area contributed by atoms with Crippen molar-refractivity contribution in [3.63, 3.8) is 0 Å². The predicted molar refractivity (Wildman–Crippen MR) is 124 cm³/mol. The van der Waals surface area contributed by atoms with Crippen LogP contribution in [0.4, 0.5) is 0 Å². The smallest absolute Gasteiger partial charge is 0.201 e. The number of sulfone groups is 1. The molecule has 0 radical (unpaired) electrons. The molecule has 0 fully saturated rings.